The van der Waals surface area contributed by atoms with Crippen LogP contribution in [0.25, 0.3) is 0 Å². The molecule has 0 aromatic heterocycles. The van der Waals surface area contributed by atoms with Crippen molar-refractivity contribution in [2.24, 2.45) is 0 Å². The molecule has 5 N–H and O–H groups in total. The van der Waals surface area contributed by atoms with Gasteiger partial charge in [-0.25, -0.2) is 0 Å². The van der Waals surface area contributed by atoms with Gasteiger partial charge in [0.1, 0.15) is 17.4 Å². The van der Waals surface area contributed by atoms with Gasteiger partial charge in [-0.15, -0.1) is 10.1 Å². The van der Waals surface area contributed by atoms with Crippen molar-refractivity contribution in [3.8, 4) is 0 Å². The fourth-order valence-electron chi connectivity index (χ4n) is 0. The first-order chi connectivity index (χ1) is 3.73. The lowest BCUT2D eigenvalue weighted by atomic mass is 13.1. The minimum atomic E-state index is -4.67. The first kappa shape index (κ1) is 22.4. The Labute approximate surface area is 71.8 Å². The maximum Gasteiger partial charge on any atom is 0.394 e. The molecule has 0 unspecified atom stereocenters. The lowest BCUT2D eigenvalue weighted by Gasteiger charge is -1.68. The van der Waals surface area contributed by atoms with Crippen LogP contribution in [0.5, 0.6) is 0 Å². The summed E-state index contributed by atoms with van der Waals surface area (Å²) in [6, 6.07) is 0. The van der Waals surface area contributed by atoms with Gasteiger partial charge in [0.05, 0.1) is 0 Å². The van der Waals surface area contributed by atoms with E-state index >= 15 is 0 Å². The van der Waals surface area contributed by atoms with Crippen LogP contribution >= 0.6 is 0 Å². The van der Waals surface area contributed by atoms with Crippen molar-refractivity contribution in [2.45, 2.75) is 0 Å². The molecule has 1 radical (unpaired) electrons. The average Bonchev–Trinajstić information content (AvgIpc) is 1.19. The zero-order chi connectivity index (χ0) is 8.08. The minimum absolute atomic E-state index is 0. The van der Waals surface area contributed by atoms with Gasteiger partial charge in [0.15, 0.2) is 0 Å². The fraction of sp³-hybridized carbons (Fsp3) is 0. The highest BCUT2D eigenvalue weighted by molar-refractivity contribution is 7.79. The van der Waals surface area contributed by atoms with E-state index in [4.69, 9.17) is 32.8 Å². The standard InChI is InChI=1S/Al.HNO3.H2O4S.H2O.2H/c;2-1(3)4;1-5(2,3)4;;;/h;(H,2,3,4);(H2,1,2,3,4);1H2;;. The first-order valence-electron chi connectivity index (χ1n) is 1.26. The fourth-order valence-corrected chi connectivity index (χ4v) is 0. The number of hydrogen-bond acceptors (Lipinski definition) is 4. The van der Waals surface area contributed by atoms with E-state index in [1.54, 1.807) is 0 Å². The molecule has 0 rings (SSSR count). The lowest BCUT2D eigenvalue weighted by molar-refractivity contribution is -0.742. The SMILES string of the molecule is O.O=S(=O)(O)O.O=[N+]([O-])O.[AlH2]. The second-order valence-electron chi connectivity index (χ2n) is 0.686. The predicted octanol–water partition coefficient (Wildman–Crippen LogP) is -2.74. The number of hydrogen-bond donors (Lipinski definition) is 3. The van der Waals surface area contributed by atoms with Gasteiger partial charge in [0, 0.05) is 0 Å². The molecule has 0 aromatic carbocycles. The maximum absolute atomic E-state index is 8.74. The van der Waals surface area contributed by atoms with Crippen molar-refractivity contribution in [1.82, 2.24) is 0 Å². The molecule has 0 bridgehead atoms. The van der Waals surface area contributed by atoms with Crippen LogP contribution in [0.3, 0.4) is 0 Å². The average molecular weight is 208 g/mol. The molecular formula is H7AlNO8S. The van der Waals surface area contributed by atoms with Crippen LogP contribution in [0, 0.1) is 10.1 Å². The summed E-state index contributed by atoms with van der Waals surface area (Å²) >= 11 is 0. The topological polar surface area (TPSA) is 169 Å². The molecule has 11 heavy (non-hydrogen) atoms. The van der Waals surface area contributed by atoms with Crippen LogP contribution in [0.2, 0.25) is 0 Å². The third-order valence-corrected chi connectivity index (χ3v) is 0. The highest BCUT2D eigenvalue weighted by Crippen LogP contribution is 1.59. The van der Waals surface area contributed by atoms with Gasteiger partial charge < -0.3 is 10.7 Å². The highest BCUT2D eigenvalue weighted by atomic mass is 32.3. The van der Waals surface area contributed by atoms with Crippen molar-refractivity contribution in [1.29, 1.82) is 0 Å². The Kier molecular flexibility index (Phi) is 19.5. The Morgan fingerprint density at radius 2 is 1.27 bits per heavy atom. The molecule has 0 aromatic rings. The van der Waals surface area contributed by atoms with Crippen LogP contribution in [0.15, 0.2) is 0 Å². The van der Waals surface area contributed by atoms with E-state index in [1.165, 1.54) is 0 Å². The van der Waals surface area contributed by atoms with Gasteiger partial charge in [-0.05, 0) is 0 Å². The summed E-state index contributed by atoms with van der Waals surface area (Å²) in [6.45, 7) is 0. The summed E-state index contributed by atoms with van der Waals surface area (Å²) in [7, 11) is -4.67. The van der Waals surface area contributed by atoms with E-state index in [9.17, 15) is 0 Å². The van der Waals surface area contributed by atoms with Crippen LogP contribution in [-0.2, 0) is 10.4 Å². The highest BCUT2D eigenvalue weighted by Gasteiger charge is 1.84. The largest absolute Gasteiger partial charge is 0.412 e. The zero-order valence-corrected chi connectivity index (χ0v) is 8.15. The van der Waals surface area contributed by atoms with E-state index in [2.05, 4.69) is 0 Å². The second kappa shape index (κ2) is 9.56. The summed E-state index contributed by atoms with van der Waals surface area (Å²) in [5, 5.41) is 13.6. The van der Waals surface area contributed by atoms with E-state index in [0.29, 0.717) is 0 Å². The van der Waals surface area contributed by atoms with Crippen LogP contribution < -0.4 is 0 Å². The van der Waals surface area contributed by atoms with E-state index < -0.39 is 15.5 Å². The van der Waals surface area contributed by atoms with Crippen LogP contribution in [0.1, 0.15) is 0 Å². The molecular weight excluding hydrogens is 201 g/mol. The summed E-state index contributed by atoms with van der Waals surface area (Å²) in [5.41, 5.74) is 0. The summed E-state index contributed by atoms with van der Waals surface area (Å²) in [4.78, 5) is 8.36. The van der Waals surface area contributed by atoms with Gasteiger partial charge in [-0.3, -0.25) is 9.11 Å². The van der Waals surface area contributed by atoms with Crippen molar-refractivity contribution in [2.75, 3.05) is 0 Å². The summed E-state index contributed by atoms with van der Waals surface area (Å²) in [6.07, 6.45) is 0. The molecule has 0 atom stereocenters. The van der Waals surface area contributed by atoms with E-state index in [-0.39, 0.29) is 22.8 Å². The Hall–Kier alpha value is -0.438. The van der Waals surface area contributed by atoms with Crippen LogP contribution in [-0.4, -0.2) is 50.7 Å². The molecule has 0 aliphatic heterocycles. The zero-order valence-electron chi connectivity index (χ0n) is 5.33. The molecule has 9 nitrogen and oxygen atoms in total. The number of nitrogens with zero attached hydrogens (tertiary/aromatic N) is 1. The Morgan fingerprint density at radius 1 is 1.27 bits per heavy atom. The third-order valence-electron chi connectivity index (χ3n) is 0. The molecule has 0 fully saturated rings. The smallest absolute Gasteiger partial charge is 0.394 e. The number of rotatable bonds is 0. The Balaban J connectivity index is -0.0000000383. The predicted molar refractivity (Wildman–Crippen MR) is 35.1 cm³/mol. The molecule has 0 aliphatic carbocycles. The van der Waals surface area contributed by atoms with Crippen molar-refractivity contribution in [3.05, 3.63) is 10.1 Å². The molecule has 11 heteroatoms. The normalized spacial score (nSPS) is 7.45. The molecule has 0 spiro atoms. The van der Waals surface area contributed by atoms with Gasteiger partial charge in [-0.1, -0.05) is 0 Å². The third kappa shape index (κ3) is 2860. The van der Waals surface area contributed by atoms with Gasteiger partial charge in [0.25, 0.3) is 5.09 Å². The first-order valence-corrected chi connectivity index (χ1v) is 2.66. The lowest BCUT2D eigenvalue weighted by Crippen LogP contribution is -1.89. The van der Waals surface area contributed by atoms with Crippen molar-refractivity contribution < 1.29 is 33.3 Å². The quantitative estimate of drug-likeness (QED) is 0.168. The molecule has 0 saturated heterocycles. The molecule has 69 valence electrons. The second-order valence-corrected chi connectivity index (χ2v) is 1.58. The summed E-state index contributed by atoms with van der Waals surface area (Å²) < 4.78 is 31.6. The van der Waals surface area contributed by atoms with E-state index in [1.807, 2.05) is 0 Å². The summed E-state index contributed by atoms with van der Waals surface area (Å²) in [5.74, 6) is 0. The monoisotopic (exact) mass is 208 g/mol. The Morgan fingerprint density at radius 3 is 1.27 bits per heavy atom. The van der Waals surface area contributed by atoms with Gasteiger partial charge >= 0.3 is 10.4 Å². The van der Waals surface area contributed by atoms with Gasteiger partial charge in [-0.2, -0.15) is 8.42 Å². The maximum atomic E-state index is 8.74. The van der Waals surface area contributed by atoms with Crippen LogP contribution in [0.4, 0.5) is 0 Å². The van der Waals surface area contributed by atoms with E-state index in [0.717, 1.165) is 0 Å². The minimum Gasteiger partial charge on any atom is -0.412 e. The molecule has 0 aliphatic rings. The molecule has 0 heterocycles. The molecule has 0 amide bonds. The van der Waals surface area contributed by atoms with Crippen molar-refractivity contribution in [3.63, 3.8) is 0 Å². The molecule has 0 saturated carbocycles. The van der Waals surface area contributed by atoms with Gasteiger partial charge in [0.2, 0.25) is 0 Å². The van der Waals surface area contributed by atoms with Crippen molar-refractivity contribution >= 4 is 27.8 Å². The Bertz CT molecular complexity index is 157.